The Labute approximate surface area is 150 Å². The number of carbonyl (C=O) groups is 1. The maximum Gasteiger partial charge on any atom is 2.00 e. The number of hydrogen-bond acceptors (Lipinski definition) is 3. The van der Waals surface area contributed by atoms with E-state index < -0.39 is 5.97 Å². The van der Waals surface area contributed by atoms with Crippen molar-refractivity contribution < 1.29 is 31.7 Å². The smallest absolute Gasteiger partial charge is 0.481 e. The molecular weight excluding hydrogens is 334 g/mol. The fourth-order valence-corrected chi connectivity index (χ4v) is 2.08. The molecule has 1 heterocycles. The van der Waals surface area contributed by atoms with Gasteiger partial charge in [-0.05, 0) is 56.8 Å². The first-order valence-corrected chi connectivity index (χ1v) is 7.26. The molecule has 0 unspecified atom stereocenters. The van der Waals surface area contributed by atoms with Crippen molar-refractivity contribution >= 4 is 11.9 Å². The van der Waals surface area contributed by atoms with E-state index in [1.54, 1.807) is 19.3 Å². The molecule has 4 nitrogen and oxygen atoms in total. The number of carboxylic acid groups (broad SMARTS) is 1. The van der Waals surface area contributed by atoms with Gasteiger partial charge in [0.25, 0.3) is 0 Å². The summed E-state index contributed by atoms with van der Waals surface area (Å²) in [7, 11) is 0. The summed E-state index contributed by atoms with van der Waals surface area (Å²) in [6.07, 6.45) is 15.0. The third-order valence-electron chi connectivity index (χ3n) is 3.48. The fourth-order valence-electron chi connectivity index (χ4n) is 2.08. The number of aliphatic carboxylic acids is 1. The van der Waals surface area contributed by atoms with Crippen LogP contribution >= 0.6 is 0 Å². The van der Waals surface area contributed by atoms with E-state index in [1.165, 1.54) is 0 Å². The van der Waals surface area contributed by atoms with Crippen LogP contribution in [-0.2, 0) is 26.6 Å². The van der Waals surface area contributed by atoms with Gasteiger partial charge in [0.1, 0.15) is 12.5 Å². The zero-order valence-corrected chi connectivity index (χ0v) is 14.6. The molecule has 0 saturated heterocycles. The van der Waals surface area contributed by atoms with Crippen molar-refractivity contribution in [2.45, 2.75) is 26.8 Å². The summed E-state index contributed by atoms with van der Waals surface area (Å²) < 4.78 is 5.51. The molecule has 3 rings (SSSR count). The predicted molar refractivity (Wildman–Crippen MR) is 85.2 cm³/mol. The van der Waals surface area contributed by atoms with Gasteiger partial charge >= 0.3 is 23.0 Å². The van der Waals surface area contributed by atoms with Crippen molar-refractivity contribution in [3.05, 3.63) is 63.2 Å². The van der Waals surface area contributed by atoms with Gasteiger partial charge < -0.3 is 9.84 Å². The van der Waals surface area contributed by atoms with Crippen molar-refractivity contribution in [3.8, 4) is 0 Å². The third kappa shape index (κ3) is 5.79. The minimum atomic E-state index is -0.949. The summed E-state index contributed by atoms with van der Waals surface area (Å²) in [6.45, 7) is 6.80. The van der Waals surface area contributed by atoms with Crippen LogP contribution in [0, 0.1) is 68.6 Å². The van der Waals surface area contributed by atoms with Gasteiger partial charge in [-0.25, -0.2) is 4.99 Å². The van der Waals surface area contributed by atoms with E-state index in [0.717, 1.165) is 0 Å². The Kier molecular flexibility index (Phi) is 8.09. The first-order chi connectivity index (χ1) is 10.4. The van der Waals surface area contributed by atoms with Crippen molar-refractivity contribution in [2.75, 3.05) is 6.61 Å². The van der Waals surface area contributed by atoms with E-state index in [4.69, 9.17) is 9.84 Å². The van der Waals surface area contributed by atoms with E-state index in [2.05, 4.69) is 25.8 Å². The molecule has 1 aliphatic heterocycles. The molecule has 0 aromatic rings. The largest absolute Gasteiger partial charge is 2.00 e. The van der Waals surface area contributed by atoms with Crippen LogP contribution in [0.2, 0.25) is 0 Å². The quantitative estimate of drug-likeness (QED) is 0.775. The van der Waals surface area contributed by atoms with E-state index >= 15 is 0 Å². The second kappa shape index (κ2) is 9.08. The maximum atomic E-state index is 11.0. The molecule has 0 aromatic heterocycles. The zero-order chi connectivity index (χ0) is 16.2. The Morgan fingerprint density at radius 2 is 1.70 bits per heavy atom. The van der Waals surface area contributed by atoms with Crippen LogP contribution in [0.25, 0.3) is 0 Å². The first-order valence-electron chi connectivity index (χ1n) is 7.26. The molecule has 0 bridgehead atoms. The Balaban J connectivity index is 0.000000377. The number of rotatable bonds is 2. The monoisotopic (exact) mass is 355 g/mol. The Morgan fingerprint density at radius 1 is 1.13 bits per heavy atom. The Morgan fingerprint density at radius 3 is 2.13 bits per heavy atom. The second-order valence-electron chi connectivity index (χ2n) is 6.25. The Bertz CT molecular complexity index is 405. The van der Waals surface area contributed by atoms with Gasteiger partial charge in [-0.15, -0.1) is 0 Å². The molecule has 2 fully saturated rings. The van der Waals surface area contributed by atoms with E-state index in [1.807, 2.05) is 32.1 Å². The summed E-state index contributed by atoms with van der Waals surface area (Å²) in [5.74, 6) is 0.324. The fraction of sp³-hybridized carbons (Fsp3) is 0.333. The van der Waals surface area contributed by atoms with Gasteiger partial charge in [0.15, 0.2) is 5.90 Å². The summed E-state index contributed by atoms with van der Waals surface area (Å²) in [5, 5.41) is 9.03. The van der Waals surface area contributed by atoms with Gasteiger partial charge in [0.05, 0.1) is 12.0 Å². The van der Waals surface area contributed by atoms with E-state index in [0.29, 0.717) is 18.4 Å². The third-order valence-corrected chi connectivity index (χ3v) is 3.48. The first kappa shape index (κ1) is 20.5. The molecule has 10 radical (unpaired) electrons. The van der Waals surface area contributed by atoms with E-state index in [9.17, 15) is 4.79 Å². The standard InChI is InChI=1S/C13H16NO3.C5H5.Fe/c1-13(2,3)10-7-17-11(14-10)8-5-4-6-9(8)12(15)16;1-2-4-5-3-1;/h4-6,10H,7H2,1-3H3,(H,15,16);1-5H;/q;;+2/t10-;;/m1../s1. The minimum absolute atomic E-state index is 0. The second-order valence-corrected chi connectivity index (χ2v) is 6.25. The van der Waals surface area contributed by atoms with Crippen molar-refractivity contribution in [1.82, 2.24) is 0 Å². The summed E-state index contributed by atoms with van der Waals surface area (Å²) in [6, 6.07) is 0.0778. The molecule has 0 amide bonds. The van der Waals surface area contributed by atoms with Gasteiger partial charge in [-0.3, -0.25) is 4.79 Å². The number of aliphatic imine (C=N–C) groups is 1. The number of nitrogens with zero attached hydrogens (tertiary/aromatic N) is 1. The van der Waals surface area contributed by atoms with Gasteiger partial charge in [-0.1, -0.05) is 20.8 Å². The Hall–Kier alpha value is -0.541. The molecule has 0 spiro atoms. The van der Waals surface area contributed by atoms with Gasteiger partial charge in [0, 0.05) is 0 Å². The van der Waals surface area contributed by atoms with E-state index in [-0.39, 0.29) is 34.4 Å². The number of carboxylic acids is 1. The number of hydrogen-bond donors (Lipinski definition) is 1. The molecule has 3 aliphatic rings. The molecule has 1 atom stereocenters. The SMILES string of the molecule is CC(C)(C)[C@H]1COC([C]2[CH][CH][CH][C]2C(=O)O)=N1.[CH]1[CH][CH][CH][CH]1.[Fe+2]. The van der Waals surface area contributed by atoms with Crippen molar-refractivity contribution in [3.63, 3.8) is 0 Å². The molecule has 5 heteroatoms. The molecular formula is C18H21FeNO3+2. The molecule has 23 heavy (non-hydrogen) atoms. The zero-order valence-electron chi connectivity index (χ0n) is 13.5. The van der Waals surface area contributed by atoms with Crippen LogP contribution in [0.5, 0.6) is 0 Å². The molecule has 2 aliphatic carbocycles. The van der Waals surface area contributed by atoms with Crippen LogP contribution < -0.4 is 0 Å². The summed E-state index contributed by atoms with van der Waals surface area (Å²) >= 11 is 0. The normalized spacial score (nSPS) is 25.2. The molecule has 2 saturated carbocycles. The van der Waals surface area contributed by atoms with Crippen LogP contribution in [0.3, 0.4) is 0 Å². The summed E-state index contributed by atoms with van der Waals surface area (Å²) in [5.41, 5.74) is 0.0255. The van der Waals surface area contributed by atoms with Crippen LogP contribution in [-0.4, -0.2) is 29.6 Å². The van der Waals surface area contributed by atoms with Crippen LogP contribution in [0.15, 0.2) is 4.99 Å². The number of ether oxygens (including phenoxy) is 1. The maximum absolute atomic E-state index is 11.0. The molecule has 0 aromatic carbocycles. The minimum Gasteiger partial charge on any atom is -0.481 e. The van der Waals surface area contributed by atoms with Gasteiger partial charge in [0.2, 0.25) is 0 Å². The molecule has 1 N–H and O–H groups in total. The van der Waals surface area contributed by atoms with Crippen LogP contribution in [0.1, 0.15) is 20.8 Å². The van der Waals surface area contributed by atoms with Crippen molar-refractivity contribution in [1.29, 1.82) is 0 Å². The average Bonchev–Trinajstić information content (AvgIpc) is 3.20. The molecule has 122 valence electrons. The predicted octanol–water partition coefficient (Wildman–Crippen LogP) is 2.71. The van der Waals surface area contributed by atoms with Gasteiger partial charge in [-0.2, -0.15) is 0 Å². The van der Waals surface area contributed by atoms with Crippen molar-refractivity contribution in [2.24, 2.45) is 10.4 Å². The topological polar surface area (TPSA) is 58.9 Å². The summed E-state index contributed by atoms with van der Waals surface area (Å²) in [4.78, 5) is 15.5. The average molecular weight is 355 g/mol. The van der Waals surface area contributed by atoms with Crippen LogP contribution in [0.4, 0.5) is 0 Å².